The monoisotopic (exact) mass is 363 g/mol. The SMILES string of the molecule is [CH3][Ge]([CH3])([CH3])[c]1ccc(-c2ccc3oc4ccccc4c3c2)nc1. The third-order valence-corrected chi connectivity index (χ3v) is 8.56. The zero-order valence-electron chi connectivity index (χ0n) is 13.6. The molecule has 114 valence electrons. The van der Waals surface area contributed by atoms with E-state index < -0.39 is 13.3 Å². The van der Waals surface area contributed by atoms with Crippen LogP contribution in [-0.4, -0.2) is 18.3 Å². The molecule has 0 saturated heterocycles. The average Bonchev–Trinajstić information content (AvgIpc) is 2.92. The summed E-state index contributed by atoms with van der Waals surface area (Å²) in [6.45, 7) is 0. The van der Waals surface area contributed by atoms with E-state index >= 15 is 0 Å². The molecule has 0 aliphatic heterocycles. The Balaban J connectivity index is 1.84. The standard InChI is InChI=1S/C20H19GeNO/c1-21(2,3)15-9-10-18(22-13-15)14-8-11-20-17(12-14)16-6-4-5-7-19(16)23-20/h4-13H,1-3H3. The van der Waals surface area contributed by atoms with Crippen LogP contribution in [-0.2, 0) is 0 Å². The van der Waals surface area contributed by atoms with Gasteiger partial charge in [0.1, 0.15) is 0 Å². The van der Waals surface area contributed by atoms with E-state index in [1.165, 1.54) is 4.40 Å². The molecule has 0 fully saturated rings. The summed E-state index contributed by atoms with van der Waals surface area (Å²) in [6.07, 6.45) is 2.06. The van der Waals surface area contributed by atoms with E-state index in [0.29, 0.717) is 0 Å². The van der Waals surface area contributed by atoms with Crippen molar-refractivity contribution in [2.75, 3.05) is 0 Å². The molecular weight excluding hydrogens is 343 g/mol. The molecule has 4 aromatic rings. The van der Waals surface area contributed by atoms with E-state index in [-0.39, 0.29) is 0 Å². The van der Waals surface area contributed by atoms with Crippen molar-refractivity contribution in [2.45, 2.75) is 17.3 Å². The molecule has 0 spiro atoms. The second-order valence-corrected chi connectivity index (χ2v) is 17.6. The minimum atomic E-state index is -1.80. The van der Waals surface area contributed by atoms with Gasteiger partial charge in [0.15, 0.2) is 0 Å². The van der Waals surface area contributed by atoms with Crippen molar-refractivity contribution in [3.8, 4) is 11.3 Å². The van der Waals surface area contributed by atoms with Crippen molar-refractivity contribution in [3.63, 3.8) is 0 Å². The summed E-state index contributed by atoms with van der Waals surface area (Å²) >= 11 is -1.80. The molecule has 0 saturated carbocycles. The van der Waals surface area contributed by atoms with Gasteiger partial charge in [-0.3, -0.25) is 0 Å². The molecule has 23 heavy (non-hydrogen) atoms. The van der Waals surface area contributed by atoms with Crippen molar-refractivity contribution < 1.29 is 4.42 Å². The van der Waals surface area contributed by atoms with Crippen molar-refractivity contribution in [2.24, 2.45) is 0 Å². The fraction of sp³-hybridized carbons (Fsp3) is 0.150. The molecule has 4 rings (SSSR count). The number of benzene rings is 2. The van der Waals surface area contributed by atoms with Gasteiger partial charge in [0, 0.05) is 0 Å². The van der Waals surface area contributed by atoms with Crippen LogP contribution in [0.3, 0.4) is 0 Å². The van der Waals surface area contributed by atoms with E-state index in [9.17, 15) is 0 Å². The average molecular weight is 362 g/mol. The first-order chi connectivity index (χ1) is 11.0. The van der Waals surface area contributed by atoms with Crippen LogP contribution >= 0.6 is 0 Å². The van der Waals surface area contributed by atoms with Gasteiger partial charge in [0.2, 0.25) is 0 Å². The fourth-order valence-corrected chi connectivity index (χ4v) is 5.07. The number of fused-ring (bicyclic) bond motifs is 3. The minimum absolute atomic E-state index is 0.927. The van der Waals surface area contributed by atoms with Gasteiger partial charge in [-0.15, -0.1) is 0 Å². The van der Waals surface area contributed by atoms with Gasteiger partial charge in [-0.25, -0.2) is 0 Å². The molecule has 3 heteroatoms. The molecule has 2 aromatic heterocycles. The van der Waals surface area contributed by atoms with E-state index in [1.807, 2.05) is 24.3 Å². The van der Waals surface area contributed by atoms with E-state index in [4.69, 9.17) is 9.40 Å². The van der Waals surface area contributed by atoms with Crippen LogP contribution in [0, 0.1) is 0 Å². The Kier molecular flexibility index (Phi) is 3.31. The molecule has 0 atom stereocenters. The number of furan rings is 1. The first-order valence-corrected chi connectivity index (χ1v) is 15.2. The van der Waals surface area contributed by atoms with Crippen LogP contribution in [0.15, 0.2) is 65.2 Å². The third kappa shape index (κ3) is 2.57. The van der Waals surface area contributed by atoms with Gasteiger partial charge in [-0.2, -0.15) is 0 Å². The molecule has 0 aliphatic rings. The molecule has 0 N–H and O–H groups in total. The zero-order valence-corrected chi connectivity index (χ0v) is 15.7. The Hall–Kier alpha value is -2.07. The van der Waals surface area contributed by atoms with Crippen molar-refractivity contribution in [1.82, 2.24) is 4.98 Å². The molecule has 0 unspecified atom stereocenters. The van der Waals surface area contributed by atoms with Crippen LogP contribution in [0.4, 0.5) is 0 Å². The molecule has 0 bridgehead atoms. The van der Waals surface area contributed by atoms with E-state index in [0.717, 1.165) is 33.2 Å². The number of nitrogens with zero attached hydrogens (tertiary/aromatic N) is 1. The predicted molar refractivity (Wildman–Crippen MR) is 99.9 cm³/mol. The van der Waals surface area contributed by atoms with E-state index in [1.54, 1.807) is 0 Å². The second kappa shape index (κ2) is 5.24. The van der Waals surface area contributed by atoms with Crippen molar-refractivity contribution in [3.05, 3.63) is 60.8 Å². The summed E-state index contributed by atoms with van der Waals surface area (Å²) < 4.78 is 7.33. The van der Waals surface area contributed by atoms with Crippen molar-refractivity contribution in [1.29, 1.82) is 0 Å². The second-order valence-electron chi connectivity index (χ2n) is 6.99. The first kappa shape index (κ1) is 14.5. The Morgan fingerprint density at radius 1 is 0.826 bits per heavy atom. The van der Waals surface area contributed by atoms with Gasteiger partial charge < -0.3 is 0 Å². The summed E-state index contributed by atoms with van der Waals surface area (Å²) in [6, 6.07) is 18.9. The molecule has 0 aliphatic carbocycles. The molecule has 0 amide bonds. The van der Waals surface area contributed by atoms with Gasteiger partial charge in [0.25, 0.3) is 0 Å². The maximum atomic E-state index is 5.89. The molecule has 0 radical (unpaired) electrons. The maximum absolute atomic E-state index is 5.89. The normalized spacial score (nSPS) is 12.1. The number of para-hydroxylation sites is 1. The molecular formula is C20H19GeNO. The Bertz CT molecular complexity index is 994. The van der Waals surface area contributed by atoms with Crippen LogP contribution in [0.1, 0.15) is 0 Å². The zero-order chi connectivity index (χ0) is 16.0. The number of hydrogen-bond donors (Lipinski definition) is 0. The molecule has 2 nitrogen and oxygen atoms in total. The number of rotatable bonds is 2. The van der Waals surface area contributed by atoms with Gasteiger partial charge in [0.05, 0.1) is 0 Å². The van der Waals surface area contributed by atoms with Crippen LogP contribution in [0.25, 0.3) is 33.2 Å². The quantitative estimate of drug-likeness (QED) is 0.459. The number of hydrogen-bond acceptors (Lipinski definition) is 2. The van der Waals surface area contributed by atoms with Crippen LogP contribution in [0.2, 0.25) is 17.3 Å². The number of pyridine rings is 1. The summed E-state index contributed by atoms with van der Waals surface area (Å²) in [5.74, 6) is 7.17. The summed E-state index contributed by atoms with van der Waals surface area (Å²) in [7, 11) is 0. The van der Waals surface area contributed by atoms with Gasteiger partial charge in [-0.05, 0) is 0 Å². The fourth-order valence-electron chi connectivity index (χ4n) is 2.89. The summed E-state index contributed by atoms with van der Waals surface area (Å²) in [4.78, 5) is 4.70. The Labute approximate surface area is 138 Å². The number of aromatic nitrogens is 1. The van der Waals surface area contributed by atoms with Crippen LogP contribution < -0.4 is 4.40 Å². The summed E-state index contributed by atoms with van der Waals surface area (Å²) in [5.41, 5.74) is 4.02. The Morgan fingerprint density at radius 3 is 2.35 bits per heavy atom. The van der Waals surface area contributed by atoms with E-state index in [2.05, 4.69) is 53.8 Å². The Morgan fingerprint density at radius 2 is 1.61 bits per heavy atom. The predicted octanol–water partition coefficient (Wildman–Crippen LogP) is 5.19. The third-order valence-electron chi connectivity index (χ3n) is 4.30. The molecule has 2 heterocycles. The first-order valence-electron chi connectivity index (χ1n) is 7.90. The van der Waals surface area contributed by atoms with Crippen molar-refractivity contribution >= 4 is 39.6 Å². The molecule has 2 aromatic carbocycles. The topological polar surface area (TPSA) is 26.0 Å². The van der Waals surface area contributed by atoms with Crippen LogP contribution in [0.5, 0.6) is 0 Å². The van der Waals surface area contributed by atoms with Gasteiger partial charge in [-0.1, -0.05) is 0 Å². The summed E-state index contributed by atoms with van der Waals surface area (Å²) in [5, 5.41) is 2.31. The van der Waals surface area contributed by atoms with Gasteiger partial charge >= 0.3 is 138 Å².